The van der Waals surface area contributed by atoms with Gasteiger partial charge in [-0.15, -0.1) is 11.3 Å². The number of rotatable bonds is 8. The third kappa shape index (κ3) is 4.82. The molecule has 0 aliphatic heterocycles. The van der Waals surface area contributed by atoms with Crippen molar-refractivity contribution in [1.82, 2.24) is 4.90 Å². The van der Waals surface area contributed by atoms with Gasteiger partial charge in [-0.2, -0.15) is 0 Å². The lowest BCUT2D eigenvalue weighted by Crippen LogP contribution is -2.31. The lowest BCUT2D eigenvalue weighted by Gasteiger charge is -2.23. The molecule has 1 aromatic heterocycles. The molecule has 1 heterocycles. The van der Waals surface area contributed by atoms with Gasteiger partial charge in [0, 0.05) is 35.4 Å². The van der Waals surface area contributed by atoms with Crippen LogP contribution in [0.25, 0.3) is 0 Å². The van der Waals surface area contributed by atoms with Crippen LogP contribution in [0.2, 0.25) is 0 Å². The zero-order valence-corrected chi connectivity index (χ0v) is 15.8. The number of nitrogens with one attached hydrogen (secondary N) is 1. The van der Waals surface area contributed by atoms with Gasteiger partial charge in [-0.25, -0.2) is 0 Å². The van der Waals surface area contributed by atoms with E-state index in [2.05, 4.69) is 59.5 Å². The number of thiophene rings is 1. The molecule has 24 heavy (non-hydrogen) atoms. The summed E-state index contributed by atoms with van der Waals surface area (Å²) in [5, 5.41) is 5.05. The summed E-state index contributed by atoms with van der Waals surface area (Å²) in [6.07, 6.45) is 0. The van der Waals surface area contributed by atoms with Gasteiger partial charge in [0.25, 0.3) is 0 Å². The Labute approximate surface area is 149 Å². The minimum absolute atomic E-state index is 0.0106. The van der Waals surface area contributed by atoms with Crippen molar-refractivity contribution in [2.24, 2.45) is 0 Å². The Morgan fingerprint density at radius 3 is 2.38 bits per heavy atom. The fourth-order valence-electron chi connectivity index (χ4n) is 2.65. The van der Waals surface area contributed by atoms with Gasteiger partial charge < -0.3 is 10.2 Å². The van der Waals surface area contributed by atoms with Crippen molar-refractivity contribution >= 4 is 28.6 Å². The van der Waals surface area contributed by atoms with Crippen LogP contribution in [0.4, 0.5) is 11.4 Å². The first-order valence-corrected chi connectivity index (χ1v) is 9.31. The van der Waals surface area contributed by atoms with Crippen molar-refractivity contribution in [3.05, 3.63) is 46.7 Å². The number of carbonyl (C=O) groups is 1. The molecule has 1 N–H and O–H groups in total. The van der Waals surface area contributed by atoms with Crippen LogP contribution in [0.1, 0.15) is 31.7 Å². The lowest BCUT2D eigenvalue weighted by atomic mass is 10.2. The molecule has 1 atom stereocenters. The summed E-state index contributed by atoms with van der Waals surface area (Å²) in [6, 6.07) is 12.4. The number of benzene rings is 1. The number of likely N-dealkylation sites (N-methyl/N-ethyl adjacent to an activating group) is 1. The highest BCUT2D eigenvalue weighted by molar-refractivity contribution is 7.10. The normalized spacial score (nSPS) is 12.2. The molecule has 1 amide bonds. The average molecular weight is 346 g/mol. The molecule has 1 aromatic carbocycles. The summed E-state index contributed by atoms with van der Waals surface area (Å²) in [7, 11) is 1.98. The minimum Gasteiger partial charge on any atom is -0.372 e. The van der Waals surface area contributed by atoms with E-state index in [-0.39, 0.29) is 11.9 Å². The first-order chi connectivity index (χ1) is 11.5. The van der Waals surface area contributed by atoms with Crippen LogP contribution in [-0.2, 0) is 4.79 Å². The van der Waals surface area contributed by atoms with E-state index >= 15 is 0 Å². The fraction of sp³-hybridized carbons (Fsp3) is 0.421. The van der Waals surface area contributed by atoms with Crippen molar-refractivity contribution < 1.29 is 4.79 Å². The number of hydrogen-bond donors (Lipinski definition) is 1. The molecule has 130 valence electrons. The summed E-state index contributed by atoms with van der Waals surface area (Å²) in [4.78, 5) is 17.9. The van der Waals surface area contributed by atoms with Crippen LogP contribution in [0.5, 0.6) is 0 Å². The average Bonchev–Trinajstić information content (AvgIpc) is 3.11. The Balaban J connectivity index is 1.90. The SMILES string of the molecule is CCN(CC)c1ccc(NC(=O)CN(C)C(C)c2cccs2)cc1. The quantitative estimate of drug-likeness (QED) is 0.778. The molecule has 2 aromatic rings. The molecule has 0 fully saturated rings. The molecule has 0 saturated carbocycles. The molecule has 0 saturated heterocycles. The topological polar surface area (TPSA) is 35.6 Å². The predicted molar refractivity (Wildman–Crippen MR) is 104 cm³/mol. The molecule has 0 bridgehead atoms. The molecule has 4 nitrogen and oxygen atoms in total. The van der Waals surface area contributed by atoms with Gasteiger partial charge in [0.15, 0.2) is 0 Å². The monoisotopic (exact) mass is 345 g/mol. The lowest BCUT2D eigenvalue weighted by molar-refractivity contribution is -0.117. The standard InChI is InChI=1S/C19H27N3OS/c1-5-22(6-2)17-11-9-16(10-12-17)20-19(23)14-21(4)15(3)18-8-7-13-24-18/h7-13,15H,5-6,14H2,1-4H3,(H,20,23). The van der Waals surface area contributed by atoms with Gasteiger partial charge in [-0.1, -0.05) is 6.07 Å². The minimum atomic E-state index is 0.0106. The second-order valence-electron chi connectivity index (χ2n) is 5.87. The van der Waals surface area contributed by atoms with Crippen molar-refractivity contribution in [2.75, 3.05) is 36.9 Å². The first kappa shape index (κ1) is 18.5. The van der Waals surface area contributed by atoms with E-state index in [4.69, 9.17) is 0 Å². The smallest absolute Gasteiger partial charge is 0.238 e. The highest BCUT2D eigenvalue weighted by atomic mass is 32.1. The highest BCUT2D eigenvalue weighted by Gasteiger charge is 2.15. The summed E-state index contributed by atoms with van der Waals surface area (Å²) in [5.74, 6) is 0.0106. The summed E-state index contributed by atoms with van der Waals surface area (Å²) < 4.78 is 0. The van der Waals surface area contributed by atoms with Crippen molar-refractivity contribution in [3.8, 4) is 0 Å². The zero-order chi connectivity index (χ0) is 17.5. The maximum absolute atomic E-state index is 12.3. The second kappa shape index (κ2) is 8.85. The Morgan fingerprint density at radius 1 is 1.17 bits per heavy atom. The van der Waals surface area contributed by atoms with Gasteiger partial charge in [0.1, 0.15) is 0 Å². The van der Waals surface area contributed by atoms with E-state index in [1.807, 2.05) is 25.2 Å². The molecule has 0 radical (unpaired) electrons. The van der Waals surface area contributed by atoms with Crippen LogP contribution >= 0.6 is 11.3 Å². The first-order valence-electron chi connectivity index (χ1n) is 8.43. The van der Waals surface area contributed by atoms with E-state index < -0.39 is 0 Å². The molecular weight excluding hydrogens is 318 g/mol. The molecule has 1 unspecified atom stereocenters. The van der Waals surface area contributed by atoms with Crippen molar-refractivity contribution in [2.45, 2.75) is 26.8 Å². The largest absolute Gasteiger partial charge is 0.372 e. The fourth-order valence-corrected chi connectivity index (χ4v) is 3.50. The van der Waals surface area contributed by atoms with E-state index in [0.717, 1.165) is 18.8 Å². The van der Waals surface area contributed by atoms with Crippen LogP contribution < -0.4 is 10.2 Å². The van der Waals surface area contributed by atoms with Gasteiger partial charge in [0.2, 0.25) is 5.91 Å². The highest BCUT2D eigenvalue weighted by Crippen LogP contribution is 2.23. The van der Waals surface area contributed by atoms with E-state index in [9.17, 15) is 4.79 Å². The van der Waals surface area contributed by atoms with Crippen molar-refractivity contribution in [1.29, 1.82) is 0 Å². The molecule has 2 rings (SSSR count). The van der Waals surface area contributed by atoms with E-state index in [0.29, 0.717) is 6.54 Å². The van der Waals surface area contributed by atoms with Crippen molar-refractivity contribution in [3.63, 3.8) is 0 Å². The van der Waals surface area contributed by atoms with Gasteiger partial charge >= 0.3 is 0 Å². The maximum Gasteiger partial charge on any atom is 0.238 e. The number of hydrogen-bond acceptors (Lipinski definition) is 4. The predicted octanol–water partition coefficient (Wildman–Crippen LogP) is 4.23. The summed E-state index contributed by atoms with van der Waals surface area (Å²) in [6.45, 7) is 8.74. The van der Waals surface area contributed by atoms with Crippen LogP contribution in [0.15, 0.2) is 41.8 Å². The van der Waals surface area contributed by atoms with Gasteiger partial charge in [-0.05, 0) is 63.5 Å². The van der Waals surface area contributed by atoms with E-state index in [1.165, 1.54) is 10.6 Å². The molecule has 0 spiro atoms. The number of amides is 1. The maximum atomic E-state index is 12.3. The summed E-state index contributed by atoms with van der Waals surface area (Å²) >= 11 is 1.72. The Morgan fingerprint density at radius 2 is 1.83 bits per heavy atom. The number of anilines is 2. The number of nitrogens with zero attached hydrogens (tertiary/aromatic N) is 2. The van der Waals surface area contributed by atoms with Gasteiger partial charge in [-0.3, -0.25) is 9.69 Å². The van der Waals surface area contributed by atoms with Crippen LogP contribution in [-0.4, -0.2) is 37.5 Å². The molecule has 5 heteroatoms. The third-order valence-electron chi connectivity index (χ3n) is 4.29. The second-order valence-corrected chi connectivity index (χ2v) is 6.85. The van der Waals surface area contributed by atoms with Crippen LogP contribution in [0.3, 0.4) is 0 Å². The molecular formula is C19H27N3OS. The van der Waals surface area contributed by atoms with Crippen LogP contribution in [0, 0.1) is 0 Å². The summed E-state index contributed by atoms with van der Waals surface area (Å²) in [5.41, 5.74) is 2.02. The molecule has 0 aliphatic rings. The van der Waals surface area contributed by atoms with Gasteiger partial charge in [0.05, 0.1) is 6.54 Å². The van der Waals surface area contributed by atoms with E-state index in [1.54, 1.807) is 11.3 Å². The Bertz CT molecular complexity index is 621. The third-order valence-corrected chi connectivity index (χ3v) is 5.33. The zero-order valence-electron chi connectivity index (χ0n) is 15.0. The number of carbonyl (C=O) groups excluding carboxylic acids is 1. The Hall–Kier alpha value is -1.85. The molecule has 0 aliphatic carbocycles. The Kier molecular flexibility index (Phi) is 6.82.